The Morgan fingerprint density at radius 3 is 2.00 bits per heavy atom. The van der Waals surface area contributed by atoms with Crippen LogP contribution in [0.15, 0.2) is 84.2 Å². The van der Waals surface area contributed by atoms with Gasteiger partial charge in [-0.2, -0.15) is 0 Å². The summed E-state index contributed by atoms with van der Waals surface area (Å²) in [6, 6.07) is 19.9. The number of ether oxygens (including phenoxy) is 2. The second-order valence-corrected chi connectivity index (χ2v) is 8.23. The zero-order chi connectivity index (χ0) is 21.9. The first-order chi connectivity index (χ1) is 15.1. The second-order valence-electron chi connectivity index (χ2n) is 8.23. The first-order valence-corrected chi connectivity index (χ1v) is 11.1. The van der Waals surface area contributed by atoms with Gasteiger partial charge in [-0.1, -0.05) is 79.9 Å². The SMILES string of the molecule is CN(CC1CCCCC1)/C(N)=C/C(OCc1ccccc1)=C(\N)OCc1ccccc1. The topological polar surface area (TPSA) is 73.7 Å². The molecular weight excluding hydrogens is 386 g/mol. The molecule has 0 atom stereocenters. The Morgan fingerprint density at radius 1 is 0.871 bits per heavy atom. The number of nitrogens with zero attached hydrogens (tertiary/aromatic N) is 1. The maximum Gasteiger partial charge on any atom is 0.228 e. The Kier molecular flexibility index (Phi) is 8.71. The van der Waals surface area contributed by atoms with Crippen molar-refractivity contribution in [1.82, 2.24) is 4.90 Å². The van der Waals surface area contributed by atoms with Crippen molar-refractivity contribution in [3.05, 3.63) is 95.3 Å². The zero-order valence-corrected chi connectivity index (χ0v) is 18.5. The van der Waals surface area contributed by atoms with Crippen LogP contribution in [0.1, 0.15) is 43.2 Å². The number of benzene rings is 2. The predicted molar refractivity (Wildman–Crippen MR) is 125 cm³/mol. The molecule has 0 radical (unpaired) electrons. The third kappa shape index (κ3) is 7.59. The third-order valence-electron chi connectivity index (χ3n) is 5.69. The number of nitrogens with two attached hydrogens (primary N) is 2. The summed E-state index contributed by atoms with van der Waals surface area (Å²) in [5.41, 5.74) is 14.8. The van der Waals surface area contributed by atoms with Gasteiger partial charge in [-0.25, -0.2) is 0 Å². The maximum absolute atomic E-state index is 6.41. The highest BCUT2D eigenvalue weighted by molar-refractivity contribution is 5.21. The molecule has 1 aliphatic carbocycles. The average molecular weight is 422 g/mol. The molecule has 0 bridgehead atoms. The smallest absolute Gasteiger partial charge is 0.228 e. The lowest BCUT2D eigenvalue weighted by Crippen LogP contribution is -2.30. The minimum atomic E-state index is 0.230. The highest BCUT2D eigenvalue weighted by Gasteiger charge is 2.16. The van der Waals surface area contributed by atoms with Gasteiger partial charge in [-0.05, 0) is 29.9 Å². The molecular formula is C26H35N3O2. The molecule has 0 unspecified atom stereocenters. The summed E-state index contributed by atoms with van der Waals surface area (Å²) >= 11 is 0. The van der Waals surface area contributed by atoms with Gasteiger partial charge in [0.2, 0.25) is 5.88 Å². The van der Waals surface area contributed by atoms with Crippen LogP contribution in [0, 0.1) is 5.92 Å². The molecule has 0 amide bonds. The van der Waals surface area contributed by atoms with E-state index in [1.807, 2.05) is 67.7 Å². The summed E-state index contributed by atoms with van der Waals surface area (Å²) in [5.74, 6) is 2.00. The van der Waals surface area contributed by atoms with Crippen molar-refractivity contribution in [1.29, 1.82) is 0 Å². The first kappa shape index (κ1) is 22.6. The van der Waals surface area contributed by atoms with Crippen molar-refractivity contribution in [2.75, 3.05) is 13.6 Å². The van der Waals surface area contributed by atoms with Gasteiger partial charge in [-0.3, -0.25) is 0 Å². The van der Waals surface area contributed by atoms with Crippen LogP contribution in [0.4, 0.5) is 0 Å². The Balaban J connectivity index is 1.70. The molecule has 4 N–H and O–H groups in total. The maximum atomic E-state index is 6.41. The molecule has 2 aromatic carbocycles. The Hall–Kier alpha value is -3.08. The van der Waals surface area contributed by atoms with Crippen LogP contribution in [-0.4, -0.2) is 18.5 Å². The van der Waals surface area contributed by atoms with Gasteiger partial charge in [0.1, 0.15) is 19.0 Å². The van der Waals surface area contributed by atoms with E-state index in [-0.39, 0.29) is 5.88 Å². The van der Waals surface area contributed by atoms with E-state index < -0.39 is 0 Å². The van der Waals surface area contributed by atoms with Crippen LogP contribution >= 0.6 is 0 Å². The Labute approximate surface area is 186 Å². The second kappa shape index (κ2) is 11.9. The molecule has 1 fully saturated rings. The van der Waals surface area contributed by atoms with Crippen LogP contribution < -0.4 is 11.5 Å². The van der Waals surface area contributed by atoms with Crippen LogP contribution in [0.5, 0.6) is 0 Å². The molecule has 1 saturated carbocycles. The van der Waals surface area contributed by atoms with Gasteiger partial charge in [0, 0.05) is 19.7 Å². The summed E-state index contributed by atoms with van der Waals surface area (Å²) in [4.78, 5) is 2.09. The van der Waals surface area contributed by atoms with E-state index in [1.165, 1.54) is 32.1 Å². The Morgan fingerprint density at radius 2 is 1.42 bits per heavy atom. The van der Waals surface area contributed by atoms with Gasteiger partial charge in [0.15, 0.2) is 5.76 Å². The zero-order valence-electron chi connectivity index (χ0n) is 18.5. The molecule has 5 nitrogen and oxygen atoms in total. The number of hydrogen-bond acceptors (Lipinski definition) is 5. The van der Waals surface area contributed by atoms with Gasteiger partial charge in [0.25, 0.3) is 0 Å². The van der Waals surface area contributed by atoms with Gasteiger partial charge >= 0.3 is 0 Å². The number of allylic oxidation sites excluding steroid dienone is 1. The normalized spacial score (nSPS) is 15.8. The van der Waals surface area contributed by atoms with E-state index in [9.17, 15) is 0 Å². The lowest BCUT2D eigenvalue weighted by atomic mass is 9.89. The molecule has 3 rings (SSSR count). The lowest BCUT2D eigenvalue weighted by molar-refractivity contribution is 0.144. The highest BCUT2D eigenvalue weighted by atomic mass is 16.5. The third-order valence-corrected chi connectivity index (χ3v) is 5.69. The van der Waals surface area contributed by atoms with Crippen molar-refractivity contribution >= 4 is 0 Å². The molecule has 0 aliphatic heterocycles. The molecule has 5 heteroatoms. The molecule has 31 heavy (non-hydrogen) atoms. The molecule has 2 aromatic rings. The van der Waals surface area contributed by atoms with E-state index in [2.05, 4.69) is 4.90 Å². The van der Waals surface area contributed by atoms with Crippen LogP contribution in [0.25, 0.3) is 0 Å². The largest absolute Gasteiger partial charge is 0.483 e. The van der Waals surface area contributed by atoms with Gasteiger partial charge < -0.3 is 25.8 Å². The first-order valence-electron chi connectivity index (χ1n) is 11.1. The highest BCUT2D eigenvalue weighted by Crippen LogP contribution is 2.25. The summed E-state index contributed by atoms with van der Waals surface area (Å²) in [7, 11) is 2.02. The fraction of sp³-hybridized carbons (Fsp3) is 0.385. The van der Waals surface area contributed by atoms with Crippen molar-refractivity contribution in [3.8, 4) is 0 Å². The predicted octanol–water partition coefficient (Wildman–Crippen LogP) is 4.86. The van der Waals surface area contributed by atoms with E-state index in [4.69, 9.17) is 20.9 Å². The van der Waals surface area contributed by atoms with Crippen LogP contribution in [0.3, 0.4) is 0 Å². The fourth-order valence-corrected chi connectivity index (χ4v) is 3.83. The van der Waals surface area contributed by atoms with Crippen molar-refractivity contribution < 1.29 is 9.47 Å². The molecule has 1 aliphatic rings. The minimum absolute atomic E-state index is 0.230. The fourth-order valence-electron chi connectivity index (χ4n) is 3.83. The van der Waals surface area contributed by atoms with Crippen molar-refractivity contribution in [2.45, 2.75) is 45.3 Å². The van der Waals surface area contributed by atoms with Crippen molar-refractivity contribution in [2.24, 2.45) is 17.4 Å². The molecule has 166 valence electrons. The minimum Gasteiger partial charge on any atom is -0.483 e. The van der Waals surface area contributed by atoms with Gasteiger partial charge in [0.05, 0.1) is 0 Å². The summed E-state index contributed by atoms with van der Waals surface area (Å²) in [6.07, 6.45) is 8.30. The average Bonchev–Trinajstić information content (AvgIpc) is 2.82. The summed E-state index contributed by atoms with van der Waals surface area (Å²) < 4.78 is 11.9. The molecule has 0 heterocycles. The monoisotopic (exact) mass is 421 g/mol. The van der Waals surface area contributed by atoms with E-state index in [1.54, 1.807) is 6.08 Å². The number of hydrogen-bond donors (Lipinski definition) is 2. The molecule has 0 spiro atoms. The van der Waals surface area contributed by atoms with E-state index in [0.717, 1.165) is 17.7 Å². The summed E-state index contributed by atoms with van der Waals surface area (Å²) in [5, 5.41) is 0. The van der Waals surface area contributed by atoms with E-state index in [0.29, 0.717) is 30.7 Å². The van der Waals surface area contributed by atoms with Crippen molar-refractivity contribution in [3.63, 3.8) is 0 Å². The standard InChI is InChI=1S/C26H35N3O2/c1-29(18-21-11-5-2-6-12-21)25(27)17-24(30-19-22-13-7-3-8-14-22)26(28)31-20-23-15-9-4-10-16-23/h3-4,7-10,13-17,21H,2,5-6,11-12,18-20,27-28H2,1H3/b25-17+,26-24-. The van der Waals surface area contributed by atoms with Gasteiger partial charge in [-0.15, -0.1) is 0 Å². The van der Waals surface area contributed by atoms with Crippen LogP contribution in [-0.2, 0) is 22.7 Å². The van der Waals surface area contributed by atoms with E-state index >= 15 is 0 Å². The van der Waals surface area contributed by atoms with Crippen LogP contribution in [0.2, 0.25) is 0 Å². The quantitative estimate of drug-likeness (QED) is 0.423. The Bertz CT molecular complexity index is 843. The lowest BCUT2D eigenvalue weighted by Gasteiger charge is -2.28. The summed E-state index contributed by atoms with van der Waals surface area (Å²) in [6.45, 7) is 1.71. The number of rotatable bonds is 10. The molecule has 0 aromatic heterocycles. The molecule has 0 saturated heterocycles.